The number of hydrogen-bond donors (Lipinski definition) is 2. The SMILES string of the molecule is C#CCNS(=O)(=O)c1ccc(C(=O)NC(C)c2cccc([N+](=O)[O-])c2)cc1. The summed E-state index contributed by atoms with van der Waals surface area (Å²) >= 11 is 0. The highest BCUT2D eigenvalue weighted by Crippen LogP contribution is 2.19. The normalized spacial score (nSPS) is 12.0. The highest BCUT2D eigenvalue weighted by atomic mass is 32.2. The van der Waals surface area contributed by atoms with Crippen molar-refractivity contribution in [3.8, 4) is 12.3 Å². The number of rotatable bonds is 7. The molecule has 2 aromatic carbocycles. The fourth-order valence-corrected chi connectivity index (χ4v) is 3.21. The van der Waals surface area contributed by atoms with Gasteiger partial charge < -0.3 is 5.32 Å². The van der Waals surface area contributed by atoms with Crippen molar-refractivity contribution < 1.29 is 18.1 Å². The molecule has 1 unspecified atom stereocenters. The molecule has 0 heterocycles. The molecular weight excluding hydrogens is 370 g/mol. The number of sulfonamides is 1. The number of nitro benzene ring substituents is 1. The fraction of sp³-hybridized carbons (Fsp3) is 0.167. The molecule has 2 rings (SSSR count). The predicted molar refractivity (Wildman–Crippen MR) is 99.4 cm³/mol. The van der Waals surface area contributed by atoms with Crippen LogP contribution in [0.2, 0.25) is 0 Å². The molecule has 0 aliphatic rings. The molecule has 0 saturated carbocycles. The maximum atomic E-state index is 12.3. The molecule has 0 aromatic heterocycles. The highest BCUT2D eigenvalue weighted by Gasteiger charge is 2.16. The molecule has 0 radical (unpaired) electrons. The van der Waals surface area contributed by atoms with Crippen LogP contribution >= 0.6 is 0 Å². The third kappa shape index (κ3) is 5.13. The molecule has 0 bridgehead atoms. The zero-order chi connectivity index (χ0) is 20.0. The predicted octanol–water partition coefficient (Wildman–Crippen LogP) is 2.00. The van der Waals surface area contributed by atoms with E-state index in [-0.39, 0.29) is 22.7 Å². The Hall–Kier alpha value is -3.22. The first kappa shape index (κ1) is 20.1. The van der Waals surface area contributed by atoms with Gasteiger partial charge in [0, 0.05) is 17.7 Å². The van der Waals surface area contributed by atoms with E-state index >= 15 is 0 Å². The minimum atomic E-state index is -3.73. The van der Waals surface area contributed by atoms with E-state index in [1.165, 1.54) is 36.4 Å². The second-order valence-corrected chi connectivity index (χ2v) is 7.37. The second kappa shape index (κ2) is 8.44. The summed E-state index contributed by atoms with van der Waals surface area (Å²) in [5, 5.41) is 13.6. The van der Waals surface area contributed by atoms with Gasteiger partial charge in [-0.15, -0.1) is 6.42 Å². The Bertz CT molecular complexity index is 994. The Morgan fingerprint density at radius 1 is 1.26 bits per heavy atom. The van der Waals surface area contributed by atoms with Gasteiger partial charge in [-0.1, -0.05) is 18.1 Å². The van der Waals surface area contributed by atoms with Crippen LogP contribution in [0.5, 0.6) is 0 Å². The van der Waals surface area contributed by atoms with E-state index in [9.17, 15) is 23.3 Å². The largest absolute Gasteiger partial charge is 0.346 e. The van der Waals surface area contributed by atoms with Crippen LogP contribution in [0.1, 0.15) is 28.9 Å². The molecule has 8 nitrogen and oxygen atoms in total. The summed E-state index contributed by atoms with van der Waals surface area (Å²) in [5.74, 6) is 1.74. The highest BCUT2D eigenvalue weighted by molar-refractivity contribution is 7.89. The third-order valence-electron chi connectivity index (χ3n) is 3.72. The van der Waals surface area contributed by atoms with Crippen molar-refractivity contribution in [2.24, 2.45) is 0 Å². The van der Waals surface area contributed by atoms with E-state index in [1.54, 1.807) is 19.1 Å². The van der Waals surface area contributed by atoms with E-state index in [0.717, 1.165) is 0 Å². The smallest absolute Gasteiger partial charge is 0.269 e. The number of terminal acetylenes is 1. The number of nitrogens with one attached hydrogen (secondary N) is 2. The van der Waals surface area contributed by atoms with E-state index in [1.807, 2.05) is 0 Å². The first-order chi connectivity index (χ1) is 12.7. The van der Waals surface area contributed by atoms with E-state index in [2.05, 4.69) is 16.0 Å². The number of carbonyl (C=O) groups is 1. The lowest BCUT2D eigenvalue weighted by molar-refractivity contribution is -0.384. The maximum absolute atomic E-state index is 12.3. The lowest BCUT2D eigenvalue weighted by Gasteiger charge is -2.14. The third-order valence-corrected chi connectivity index (χ3v) is 5.14. The zero-order valence-corrected chi connectivity index (χ0v) is 15.2. The van der Waals surface area contributed by atoms with Gasteiger partial charge >= 0.3 is 0 Å². The molecular formula is C18H17N3O5S. The van der Waals surface area contributed by atoms with Crippen molar-refractivity contribution in [3.63, 3.8) is 0 Å². The molecule has 2 N–H and O–H groups in total. The Morgan fingerprint density at radius 2 is 1.93 bits per heavy atom. The summed E-state index contributed by atoms with van der Waals surface area (Å²) in [7, 11) is -3.73. The van der Waals surface area contributed by atoms with Crippen molar-refractivity contribution in [2.75, 3.05) is 6.54 Å². The number of non-ortho nitro benzene ring substituents is 1. The van der Waals surface area contributed by atoms with Crippen molar-refractivity contribution in [3.05, 3.63) is 69.8 Å². The molecule has 0 spiro atoms. The average molecular weight is 387 g/mol. The molecule has 27 heavy (non-hydrogen) atoms. The summed E-state index contributed by atoms with van der Waals surface area (Å²) in [6.45, 7) is 1.56. The lowest BCUT2D eigenvalue weighted by atomic mass is 10.1. The number of benzene rings is 2. The molecule has 1 amide bonds. The number of hydrogen-bond acceptors (Lipinski definition) is 5. The van der Waals surface area contributed by atoms with Gasteiger partial charge in [-0.25, -0.2) is 8.42 Å². The van der Waals surface area contributed by atoms with Crippen LogP contribution in [-0.4, -0.2) is 25.8 Å². The number of carbonyl (C=O) groups excluding carboxylic acids is 1. The maximum Gasteiger partial charge on any atom is 0.269 e. The van der Waals surface area contributed by atoms with Gasteiger partial charge in [-0.05, 0) is 36.8 Å². The summed E-state index contributed by atoms with van der Waals surface area (Å²) in [6, 6.07) is 10.8. The van der Waals surface area contributed by atoms with Crippen LogP contribution in [0.25, 0.3) is 0 Å². The molecule has 9 heteroatoms. The van der Waals surface area contributed by atoms with Crippen LogP contribution in [0, 0.1) is 22.5 Å². The van der Waals surface area contributed by atoms with Crippen molar-refractivity contribution in [1.29, 1.82) is 0 Å². The summed E-state index contributed by atoms with van der Waals surface area (Å²) < 4.78 is 26.1. The fourth-order valence-electron chi connectivity index (χ4n) is 2.28. The monoisotopic (exact) mass is 387 g/mol. The minimum absolute atomic E-state index is 0.0129. The zero-order valence-electron chi connectivity index (χ0n) is 14.4. The van der Waals surface area contributed by atoms with Gasteiger partial charge in [0.1, 0.15) is 0 Å². The molecule has 0 fully saturated rings. The van der Waals surface area contributed by atoms with Crippen LogP contribution in [0.15, 0.2) is 53.4 Å². The topological polar surface area (TPSA) is 118 Å². The molecule has 0 saturated heterocycles. The van der Waals surface area contributed by atoms with E-state index in [4.69, 9.17) is 6.42 Å². The van der Waals surface area contributed by atoms with Gasteiger partial charge in [-0.3, -0.25) is 14.9 Å². The second-order valence-electron chi connectivity index (χ2n) is 5.60. The summed E-state index contributed by atoms with van der Waals surface area (Å²) in [4.78, 5) is 22.7. The molecule has 0 aliphatic heterocycles. The number of nitrogens with zero attached hydrogens (tertiary/aromatic N) is 1. The van der Waals surface area contributed by atoms with Crippen LogP contribution in [0.4, 0.5) is 5.69 Å². The quantitative estimate of drug-likeness (QED) is 0.428. The van der Waals surface area contributed by atoms with Gasteiger partial charge in [0.25, 0.3) is 11.6 Å². The van der Waals surface area contributed by atoms with Crippen LogP contribution in [-0.2, 0) is 10.0 Å². The van der Waals surface area contributed by atoms with E-state index < -0.39 is 26.9 Å². The first-order valence-corrected chi connectivity index (χ1v) is 9.31. The Balaban J connectivity index is 2.11. The van der Waals surface area contributed by atoms with Crippen molar-refractivity contribution in [1.82, 2.24) is 10.0 Å². The molecule has 1 atom stereocenters. The Morgan fingerprint density at radius 3 is 2.52 bits per heavy atom. The van der Waals surface area contributed by atoms with Gasteiger partial charge in [0.2, 0.25) is 10.0 Å². The molecule has 0 aliphatic carbocycles. The number of amides is 1. The lowest BCUT2D eigenvalue weighted by Crippen LogP contribution is -2.27. The van der Waals surface area contributed by atoms with Crippen molar-refractivity contribution in [2.45, 2.75) is 17.9 Å². The molecule has 140 valence electrons. The van der Waals surface area contributed by atoms with E-state index in [0.29, 0.717) is 5.56 Å². The van der Waals surface area contributed by atoms with Crippen molar-refractivity contribution >= 4 is 21.6 Å². The van der Waals surface area contributed by atoms with Crippen LogP contribution in [0.3, 0.4) is 0 Å². The Kier molecular flexibility index (Phi) is 6.28. The average Bonchev–Trinajstić information content (AvgIpc) is 2.66. The summed E-state index contributed by atoms with van der Waals surface area (Å²) in [5.41, 5.74) is 0.765. The first-order valence-electron chi connectivity index (χ1n) is 7.83. The minimum Gasteiger partial charge on any atom is -0.346 e. The van der Waals surface area contributed by atoms with Gasteiger partial charge in [-0.2, -0.15) is 4.72 Å². The van der Waals surface area contributed by atoms with Gasteiger partial charge in [0.05, 0.1) is 22.4 Å². The number of nitro groups is 1. The summed E-state index contributed by atoms with van der Waals surface area (Å²) in [6.07, 6.45) is 5.03. The molecule has 2 aromatic rings. The van der Waals surface area contributed by atoms with Gasteiger partial charge in [0.15, 0.2) is 0 Å². The standard InChI is InChI=1S/C18H17N3O5S/c1-3-11-19-27(25,26)17-9-7-14(8-10-17)18(22)20-13(2)15-5-4-6-16(12-15)21(23)24/h1,4-10,12-13,19H,11H2,2H3,(H,20,22). The van der Waals surface area contributed by atoms with Crippen LogP contribution < -0.4 is 10.0 Å². The Labute approximate surface area is 156 Å².